The molecule has 0 aliphatic heterocycles. The van der Waals surface area contributed by atoms with E-state index >= 15 is 0 Å². The molecule has 0 saturated carbocycles. The van der Waals surface area contributed by atoms with Gasteiger partial charge in [-0.1, -0.05) is 37.3 Å². The first-order valence-corrected chi connectivity index (χ1v) is 11.4. The summed E-state index contributed by atoms with van der Waals surface area (Å²) in [5.74, 6) is 1.01. The predicted molar refractivity (Wildman–Crippen MR) is 130 cm³/mol. The second-order valence-electron chi connectivity index (χ2n) is 8.13. The number of aromatic amines is 2. The molecule has 0 radical (unpaired) electrons. The van der Waals surface area contributed by atoms with Gasteiger partial charge in [-0.3, -0.25) is 4.79 Å². The second kappa shape index (κ2) is 10.4. The Bertz CT molecular complexity index is 1390. The van der Waals surface area contributed by atoms with E-state index in [1.807, 2.05) is 57.2 Å². The maximum atomic E-state index is 12.3. The van der Waals surface area contributed by atoms with Gasteiger partial charge in [-0.05, 0) is 49.2 Å². The standard InChI is InChI=1S/C25H27N5O5/c1-5-33-19-13-16(10-11-18(19)22-26-23-20(24(31)27-22)28-30-29-23)15-8-7-9-17(12-15)35-21(14(3)4)25(32)34-6-2/h7-14,21H,5-6H2,1-4H3,(H2,26,27,28,29,30,31). The number of nitrogens with zero attached hydrogens (tertiary/aromatic N) is 3. The van der Waals surface area contributed by atoms with Gasteiger partial charge in [0.25, 0.3) is 5.56 Å². The number of hydrogen-bond acceptors (Lipinski definition) is 8. The Morgan fingerprint density at radius 3 is 2.60 bits per heavy atom. The number of aromatic nitrogens is 5. The van der Waals surface area contributed by atoms with Crippen molar-refractivity contribution in [2.24, 2.45) is 5.92 Å². The Kier molecular flexibility index (Phi) is 7.09. The average molecular weight is 478 g/mol. The molecule has 35 heavy (non-hydrogen) atoms. The lowest BCUT2D eigenvalue weighted by Gasteiger charge is -2.21. The first-order chi connectivity index (χ1) is 16.9. The van der Waals surface area contributed by atoms with Gasteiger partial charge in [-0.15, -0.1) is 5.10 Å². The van der Waals surface area contributed by atoms with Gasteiger partial charge in [0, 0.05) is 5.92 Å². The fourth-order valence-electron chi connectivity index (χ4n) is 3.64. The number of carbonyl (C=O) groups excluding carboxylic acids is 1. The van der Waals surface area contributed by atoms with Crippen molar-refractivity contribution < 1.29 is 19.0 Å². The third-order valence-corrected chi connectivity index (χ3v) is 5.29. The summed E-state index contributed by atoms with van der Waals surface area (Å²) in [6.45, 7) is 8.19. The number of benzene rings is 2. The van der Waals surface area contributed by atoms with E-state index in [9.17, 15) is 9.59 Å². The maximum Gasteiger partial charge on any atom is 0.347 e. The van der Waals surface area contributed by atoms with E-state index in [2.05, 4.69) is 25.4 Å². The van der Waals surface area contributed by atoms with Crippen molar-refractivity contribution in [3.63, 3.8) is 0 Å². The van der Waals surface area contributed by atoms with E-state index in [-0.39, 0.29) is 17.4 Å². The van der Waals surface area contributed by atoms with E-state index in [4.69, 9.17) is 14.2 Å². The van der Waals surface area contributed by atoms with Crippen LogP contribution in [0.15, 0.2) is 47.3 Å². The zero-order valence-corrected chi connectivity index (χ0v) is 20.0. The van der Waals surface area contributed by atoms with E-state index in [1.54, 1.807) is 13.0 Å². The highest BCUT2D eigenvalue weighted by Gasteiger charge is 2.25. The van der Waals surface area contributed by atoms with Gasteiger partial charge in [0.05, 0.1) is 18.8 Å². The molecule has 0 saturated heterocycles. The van der Waals surface area contributed by atoms with Crippen molar-refractivity contribution in [1.82, 2.24) is 25.4 Å². The minimum atomic E-state index is -0.707. The van der Waals surface area contributed by atoms with Gasteiger partial charge in [-0.2, -0.15) is 0 Å². The lowest BCUT2D eigenvalue weighted by molar-refractivity contribution is -0.153. The van der Waals surface area contributed by atoms with Crippen LogP contribution in [0, 0.1) is 5.92 Å². The van der Waals surface area contributed by atoms with Crippen LogP contribution in [0.5, 0.6) is 11.5 Å². The normalized spacial score (nSPS) is 12.0. The molecule has 2 aromatic carbocycles. The van der Waals surface area contributed by atoms with Crippen molar-refractivity contribution in [3.05, 3.63) is 52.8 Å². The van der Waals surface area contributed by atoms with Crippen molar-refractivity contribution in [2.75, 3.05) is 13.2 Å². The Labute approximate surface area is 201 Å². The summed E-state index contributed by atoms with van der Waals surface area (Å²) in [6, 6.07) is 13.1. The van der Waals surface area contributed by atoms with Gasteiger partial charge in [0.15, 0.2) is 17.3 Å². The van der Waals surface area contributed by atoms with Gasteiger partial charge in [0.2, 0.25) is 0 Å². The van der Waals surface area contributed by atoms with Crippen molar-refractivity contribution >= 4 is 17.1 Å². The molecule has 182 valence electrons. The Balaban J connectivity index is 1.68. The maximum absolute atomic E-state index is 12.3. The minimum absolute atomic E-state index is 0.0568. The summed E-state index contributed by atoms with van der Waals surface area (Å²) in [4.78, 5) is 31.8. The summed E-state index contributed by atoms with van der Waals surface area (Å²) in [5, 5.41) is 10.0. The van der Waals surface area contributed by atoms with Crippen LogP contribution < -0.4 is 15.0 Å². The number of H-pyrrole nitrogens is 2. The van der Waals surface area contributed by atoms with E-state index in [0.29, 0.717) is 41.7 Å². The SMILES string of the molecule is CCOC(=O)C(Oc1cccc(-c2ccc(-c3nc4[nH]nnc4c(=O)[nH]3)c(OCC)c2)c1)C(C)C. The second-order valence-corrected chi connectivity index (χ2v) is 8.13. The third kappa shape index (κ3) is 5.16. The third-order valence-electron chi connectivity index (χ3n) is 5.29. The van der Waals surface area contributed by atoms with Gasteiger partial charge in [0.1, 0.15) is 17.3 Å². The topological polar surface area (TPSA) is 132 Å². The molecule has 1 atom stereocenters. The fourth-order valence-corrected chi connectivity index (χ4v) is 3.64. The molecular weight excluding hydrogens is 450 g/mol. The molecule has 4 aromatic rings. The average Bonchev–Trinajstić information content (AvgIpc) is 3.32. The zero-order valence-electron chi connectivity index (χ0n) is 20.0. The molecule has 0 fully saturated rings. The lowest BCUT2D eigenvalue weighted by atomic mass is 10.0. The molecule has 0 bridgehead atoms. The van der Waals surface area contributed by atoms with Gasteiger partial charge < -0.3 is 19.2 Å². The molecule has 10 heteroatoms. The largest absolute Gasteiger partial charge is 0.493 e. The summed E-state index contributed by atoms with van der Waals surface area (Å²) in [7, 11) is 0. The molecule has 2 N–H and O–H groups in total. The molecule has 2 heterocycles. The van der Waals surface area contributed by atoms with Crippen LogP contribution in [-0.4, -0.2) is 50.7 Å². The molecule has 0 aliphatic rings. The van der Waals surface area contributed by atoms with Gasteiger partial charge >= 0.3 is 5.97 Å². The summed E-state index contributed by atoms with van der Waals surface area (Å²) < 4.78 is 17.0. The molecule has 0 aliphatic carbocycles. The van der Waals surface area contributed by atoms with E-state index in [1.165, 1.54) is 0 Å². The highest BCUT2D eigenvalue weighted by molar-refractivity contribution is 5.77. The highest BCUT2D eigenvalue weighted by Crippen LogP contribution is 2.34. The van der Waals surface area contributed by atoms with E-state index < -0.39 is 11.7 Å². The fraction of sp³-hybridized carbons (Fsp3) is 0.320. The molecule has 4 rings (SSSR count). The van der Waals surface area contributed by atoms with Crippen LogP contribution in [-0.2, 0) is 9.53 Å². The number of rotatable bonds is 9. The Hall–Kier alpha value is -4.21. The Morgan fingerprint density at radius 2 is 1.86 bits per heavy atom. The van der Waals surface area contributed by atoms with E-state index in [0.717, 1.165) is 11.1 Å². The highest BCUT2D eigenvalue weighted by atomic mass is 16.6. The number of fused-ring (bicyclic) bond motifs is 1. The van der Waals surface area contributed by atoms with Crippen molar-refractivity contribution in [3.8, 4) is 34.0 Å². The first-order valence-electron chi connectivity index (χ1n) is 11.4. The van der Waals surface area contributed by atoms with Crippen LogP contribution in [0.3, 0.4) is 0 Å². The lowest BCUT2D eigenvalue weighted by Crippen LogP contribution is -2.34. The van der Waals surface area contributed by atoms with Crippen molar-refractivity contribution in [1.29, 1.82) is 0 Å². The number of ether oxygens (including phenoxy) is 3. The molecule has 2 aromatic heterocycles. The van der Waals surface area contributed by atoms with Crippen LogP contribution in [0.1, 0.15) is 27.7 Å². The van der Waals surface area contributed by atoms with Crippen molar-refractivity contribution in [2.45, 2.75) is 33.8 Å². The van der Waals surface area contributed by atoms with Crippen LogP contribution >= 0.6 is 0 Å². The van der Waals surface area contributed by atoms with Crippen LogP contribution in [0.25, 0.3) is 33.7 Å². The first kappa shape index (κ1) is 23.9. The summed E-state index contributed by atoms with van der Waals surface area (Å²) in [6.07, 6.45) is -0.707. The molecule has 0 spiro atoms. The number of hydrogen-bond donors (Lipinski definition) is 2. The molecule has 1 unspecified atom stereocenters. The minimum Gasteiger partial charge on any atom is -0.493 e. The molecule has 0 amide bonds. The summed E-state index contributed by atoms with van der Waals surface area (Å²) >= 11 is 0. The number of esters is 1. The zero-order chi connectivity index (χ0) is 24.9. The Morgan fingerprint density at radius 1 is 1.06 bits per heavy atom. The number of carbonyl (C=O) groups is 1. The summed E-state index contributed by atoms with van der Waals surface area (Å²) in [5.41, 5.74) is 2.40. The number of nitrogens with one attached hydrogen (secondary N) is 2. The monoisotopic (exact) mass is 477 g/mol. The van der Waals surface area contributed by atoms with Crippen LogP contribution in [0.4, 0.5) is 0 Å². The smallest absolute Gasteiger partial charge is 0.347 e. The predicted octanol–water partition coefficient (Wildman–Crippen LogP) is 3.74. The van der Waals surface area contributed by atoms with Crippen LogP contribution in [0.2, 0.25) is 0 Å². The molecule has 10 nitrogen and oxygen atoms in total. The molecular formula is C25H27N5O5. The van der Waals surface area contributed by atoms with Gasteiger partial charge in [-0.25, -0.2) is 14.9 Å². The quantitative estimate of drug-likeness (QED) is 0.349.